The second-order valence-corrected chi connectivity index (χ2v) is 9.01. The monoisotopic (exact) mass is 443 g/mol. The molecule has 0 bridgehead atoms. The summed E-state index contributed by atoms with van der Waals surface area (Å²) < 4.78 is 0. The van der Waals surface area contributed by atoms with Gasteiger partial charge in [0, 0.05) is 23.7 Å². The summed E-state index contributed by atoms with van der Waals surface area (Å²) in [6.45, 7) is 3.24. The zero-order chi connectivity index (χ0) is 23.0. The molecule has 3 aromatic rings. The van der Waals surface area contributed by atoms with Gasteiger partial charge in [0.1, 0.15) is 5.82 Å². The first-order chi connectivity index (χ1) is 16.4. The number of anilines is 1. The van der Waals surface area contributed by atoms with Gasteiger partial charge in [0.25, 0.3) is 0 Å². The summed E-state index contributed by atoms with van der Waals surface area (Å²) in [6, 6.07) is 22.7. The zero-order valence-electron chi connectivity index (χ0n) is 20.4. The van der Waals surface area contributed by atoms with Gasteiger partial charge in [-0.1, -0.05) is 138 Å². The van der Waals surface area contributed by atoms with Gasteiger partial charge in [-0.2, -0.15) is 0 Å². The molecule has 0 aliphatic carbocycles. The zero-order valence-corrected chi connectivity index (χ0v) is 20.4. The van der Waals surface area contributed by atoms with Gasteiger partial charge in [0.05, 0.1) is 5.69 Å². The smallest absolute Gasteiger partial charge is 0.162 e. The SMILES string of the molecule is CCCCCCCCCCCCCCNc1cc(-c2ccccc2)nc(-c2ccccc2)n1. The lowest BCUT2D eigenvalue weighted by molar-refractivity contribution is 0.546. The Labute approximate surface area is 201 Å². The topological polar surface area (TPSA) is 37.8 Å². The summed E-state index contributed by atoms with van der Waals surface area (Å²) in [4.78, 5) is 9.64. The maximum absolute atomic E-state index is 4.84. The molecule has 176 valence electrons. The molecule has 0 saturated carbocycles. The molecule has 1 heterocycles. The van der Waals surface area contributed by atoms with Crippen molar-refractivity contribution in [3.63, 3.8) is 0 Å². The molecule has 1 aromatic heterocycles. The van der Waals surface area contributed by atoms with Crippen LogP contribution in [0.3, 0.4) is 0 Å². The fourth-order valence-corrected chi connectivity index (χ4v) is 4.19. The lowest BCUT2D eigenvalue weighted by Crippen LogP contribution is -2.05. The summed E-state index contributed by atoms with van der Waals surface area (Å²) in [5.74, 6) is 1.68. The number of hydrogen-bond acceptors (Lipinski definition) is 3. The van der Waals surface area contributed by atoms with Crippen LogP contribution in [0.5, 0.6) is 0 Å². The van der Waals surface area contributed by atoms with Gasteiger partial charge in [0.15, 0.2) is 5.82 Å². The summed E-state index contributed by atoms with van der Waals surface area (Å²) >= 11 is 0. The van der Waals surface area contributed by atoms with Crippen LogP contribution in [0.25, 0.3) is 22.6 Å². The molecule has 3 nitrogen and oxygen atoms in total. The van der Waals surface area contributed by atoms with E-state index in [1.165, 1.54) is 77.0 Å². The minimum atomic E-state index is 0.772. The first-order valence-electron chi connectivity index (χ1n) is 13.1. The number of nitrogens with one attached hydrogen (secondary N) is 1. The van der Waals surface area contributed by atoms with E-state index < -0.39 is 0 Å². The Kier molecular flexibility index (Phi) is 11.5. The number of nitrogens with zero attached hydrogens (tertiary/aromatic N) is 2. The number of aromatic nitrogens is 2. The molecule has 0 saturated heterocycles. The first-order valence-corrected chi connectivity index (χ1v) is 13.1. The highest BCUT2D eigenvalue weighted by Gasteiger charge is 2.08. The highest BCUT2D eigenvalue weighted by atomic mass is 15.0. The molecule has 1 N–H and O–H groups in total. The van der Waals surface area contributed by atoms with Crippen molar-refractivity contribution < 1.29 is 0 Å². The van der Waals surface area contributed by atoms with Crippen LogP contribution in [0.1, 0.15) is 84.0 Å². The Hall–Kier alpha value is -2.68. The van der Waals surface area contributed by atoms with Crippen LogP contribution in [0.4, 0.5) is 5.82 Å². The molecule has 0 radical (unpaired) electrons. The molecular formula is C30H41N3. The second-order valence-electron chi connectivity index (χ2n) is 9.01. The normalized spacial score (nSPS) is 10.9. The van der Waals surface area contributed by atoms with Crippen LogP contribution >= 0.6 is 0 Å². The minimum Gasteiger partial charge on any atom is -0.370 e. The van der Waals surface area contributed by atoms with Crippen molar-refractivity contribution in [2.45, 2.75) is 84.0 Å². The highest BCUT2D eigenvalue weighted by Crippen LogP contribution is 2.24. The van der Waals surface area contributed by atoms with Gasteiger partial charge in [-0.25, -0.2) is 9.97 Å². The van der Waals surface area contributed by atoms with Crippen molar-refractivity contribution in [3.8, 4) is 22.6 Å². The molecule has 2 aromatic carbocycles. The lowest BCUT2D eigenvalue weighted by atomic mass is 10.1. The minimum absolute atomic E-state index is 0.772. The molecule has 0 fully saturated rings. The quantitative estimate of drug-likeness (QED) is 0.225. The maximum atomic E-state index is 4.84. The Morgan fingerprint density at radius 1 is 0.576 bits per heavy atom. The Balaban J connectivity index is 1.41. The number of hydrogen-bond donors (Lipinski definition) is 1. The van der Waals surface area contributed by atoms with E-state index in [1.54, 1.807) is 0 Å². The van der Waals surface area contributed by atoms with Crippen molar-refractivity contribution >= 4 is 5.82 Å². The van der Waals surface area contributed by atoms with Crippen LogP contribution in [0.2, 0.25) is 0 Å². The highest BCUT2D eigenvalue weighted by molar-refractivity contribution is 5.67. The van der Waals surface area contributed by atoms with Crippen LogP contribution in [0.15, 0.2) is 66.7 Å². The summed E-state index contributed by atoms with van der Waals surface area (Å²) in [5, 5.41) is 3.55. The van der Waals surface area contributed by atoms with Gasteiger partial charge >= 0.3 is 0 Å². The summed E-state index contributed by atoms with van der Waals surface area (Å²) in [6.07, 6.45) is 16.4. The third-order valence-electron chi connectivity index (χ3n) is 6.16. The lowest BCUT2D eigenvalue weighted by Gasteiger charge is -2.11. The van der Waals surface area contributed by atoms with Crippen molar-refractivity contribution in [2.24, 2.45) is 0 Å². The van der Waals surface area contributed by atoms with Crippen molar-refractivity contribution in [1.82, 2.24) is 9.97 Å². The van der Waals surface area contributed by atoms with Crippen LogP contribution in [0, 0.1) is 0 Å². The molecular weight excluding hydrogens is 402 g/mol. The second kappa shape index (κ2) is 15.2. The molecule has 0 spiro atoms. The largest absolute Gasteiger partial charge is 0.370 e. The van der Waals surface area contributed by atoms with Crippen molar-refractivity contribution in [2.75, 3.05) is 11.9 Å². The molecule has 3 rings (SSSR count). The molecule has 0 aliphatic heterocycles. The van der Waals surface area contributed by atoms with E-state index in [0.717, 1.165) is 35.0 Å². The third kappa shape index (κ3) is 9.37. The first kappa shape index (κ1) is 25.0. The Morgan fingerprint density at radius 2 is 1.09 bits per heavy atom. The Bertz CT molecular complexity index is 835. The third-order valence-corrected chi connectivity index (χ3v) is 6.16. The molecule has 0 atom stereocenters. The van der Waals surface area contributed by atoms with Gasteiger partial charge < -0.3 is 5.32 Å². The van der Waals surface area contributed by atoms with E-state index in [2.05, 4.69) is 54.7 Å². The molecule has 3 heteroatoms. The van der Waals surface area contributed by atoms with E-state index in [-0.39, 0.29) is 0 Å². The van der Waals surface area contributed by atoms with Gasteiger partial charge in [-0.3, -0.25) is 0 Å². The van der Waals surface area contributed by atoms with Crippen LogP contribution < -0.4 is 5.32 Å². The van der Waals surface area contributed by atoms with E-state index in [9.17, 15) is 0 Å². The van der Waals surface area contributed by atoms with E-state index >= 15 is 0 Å². The predicted molar refractivity (Wildman–Crippen MR) is 142 cm³/mol. The van der Waals surface area contributed by atoms with Gasteiger partial charge in [0.2, 0.25) is 0 Å². The molecule has 0 amide bonds. The van der Waals surface area contributed by atoms with Crippen molar-refractivity contribution in [3.05, 3.63) is 66.7 Å². The van der Waals surface area contributed by atoms with Crippen LogP contribution in [-0.4, -0.2) is 16.5 Å². The predicted octanol–water partition coefficient (Wildman–Crippen LogP) is 8.92. The maximum Gasteiger partial charge on any atom is 0.162 e. The summed E-state index contributed by atoms with van der Waals surface area (Å²) in [5.41, 5.74) is 3.12. The number of rotatable bonds is 16. The molecule has 0 unspecified atom stereocenters. The fourth-order valence-electron chi connectivity index (χ4n) is 4.19. The Morgan fingerprint density at radius 3 is 1.67 bits per heavy atom. The van der Waals surface area contributed by atoms with E-state index in [4.69, 9.17) is 9.97 Å². The van der Waals surface area contributed by atoms with E-state index in [1.807, 2.05) is 24.3 Å². The van der Waals surface area contributed by atoms with Crippen LogP contribution in [-0.2, 0) is 0 Å². The number of benzene rings is 2. The van der Waals surface area contributed by atoms with Gasteiger partial charge in [-0.05, 0) is 6.42 Å². The molecule has 0 aliphatic rings. The fraction of sp³-hybridized carbons (Fsp3) is 0.467. The summed E-state index contributed by atoms with van der Waals surface area (Å²) in [7, 11) is 0. The standard InChI is InChI=1S/C30H41N3/c1-2-3-4-5-6-7-8-9-10-11-12-19-24-31-29-25-28(26-20-15-13-16-21-26)32-30(33-29)27-22-17-14-18-23-27/h13-18,20-23,25H,2-12,19,24H2,1H3,(H,31,32,33). The number of unbranched alkanes of at least 4 members (excludes halogenated alkanes) is 11. The average Bonchev–Trinajstić information content (AvgIpc) is 2.88. The van der Waals surface area contributed by atoms with Gasteiger partial charge in [-0.15, -0.1) is 0 Å². The van der Waals surface area contributed by atoms with Crippen molar-refractivity contribution in [1.29, 1.82) is 0 Å². The molecule has 33 heavy (non-hydrogen) atoms. The average molecular weight is 444 g/mol. The van der Waals surface area contributed by atoms with E-state index in [0.29, 0.717) is 0 Å².